The second kappa shape index (κ2) is 3.02. The Hall–Kier alpha value is -1.23. The Labute approximate surface area is 77.4 Å². The topological polar surface area (TPSA) is 43.6 Å². The summed E-state index contributed by atoms with van der Waals surface area (Å²) in [6.45, 7) is 0. The van der Waals surface area contributed by atoms with Gasteiger partial charge in [-0.05, 0) is 28.1 Å². The van der Waals surface area contributed by atoms with Gasteiger partial charge in [-0.1, -0.05) is 5.21 Å². The highest BCUT2D eigenvalue weighted by Crippen LogP contribution is 2.08. The number of pyridine rings is 1. The maximum atomic E-state index is 4.13. The standard InChI is InChI=1S/C7H5BrN4/c8-6-1-2-7(9-5-6)12-4-3-10-11-12/h1-5H. The van der Waals surface area contributed by atoms with Gasteiger partial charge in [-0.3, -0.25) is 0 Å². The summed E-state index contributed by atoms with van der Waals surface area (Å²) in [5.74, 6) is 0.760. The molecule has 0 bridgehead atoms. The molecule has 12 heavy (non-hydrogen) atoms. The van der Waals surface area contributed by atoms with Crippen LogP contribution in [0.1, 0.15) is 0 Å². The zero-order chi connectivity index (χ0) is 8.39. The molecule has 4 nitrogen and oxygen atoms in total. The van der Waals surface area contributed by atoms with E-state index in [1.54, 1.807) is 23.3 Å². The maximum absolute atomic E-state index is 4.13. The molecule has 0 saturated carbocycles. The number of halogens is 1. The average molecular weight is 225 g/mol. The lowest BCUT2D eigenvalue weighted by atomic mass is 10.5. The van der Waals surface area contributed by atoms with Crippen LogP contribution in [-0.4, -0.2) is 20.0 Å². The van der Waals surface area contributed by atoms with E-state index in [9.17, 15) is 0 Å². The Balaban J connectivity index is 2.43. The van der Waals surface area contributed by atoms with E-state index in [0.717, 1.165) is 10.3 Å². The first-order chi connectivity index (χ1) is 5.86. The van der Waals surface area contributed by atoms with Gasteiger partial charge < -0.3 is 0 Å². The molecule has 0 aromatic carbocycles. The molecule has 0 saturated heterocycles. The molecule has 60 valence electrons. The van der Waals surface area contributed by atoms with E-state index >= 15 is 0 Å². The van der Waals surface area contributed by atoms with Gasteiger partial charge in [0.1, 0.15) is 0 Å². The minimum absolute atomic E-state index is 0.760. The Morgan fingerprint density at radius 1 is 1.33 bits per heavy atom. The first-order valence-electron chi connectivity index (χ1n) is 3.34. The number of hydrogen-bond donors (Lipinski definition) is 0. The van der Waals surface area contributed by atoms with Crippen LogP contribution in [0.3, 0.4) is 0 Å². The van der Waals surface area contributed by atoms with Gasteiger partial charge >= 0.3 is 0 Å². The van der Waals surface area contributed by atoms with Gasteiger partial charge in [0.2, 0.25) is 0 Å². The van der Waals surface area contributed by atoms with Crippen LogP contribution >= 0.6 is 15.9 Å². The molecule has 0 aliphatic rings. The molecular formula is C7H5BrN4. The zero-order valence-electron chi connectivity index (χ0n) is 6.05. The molecule has 0 amide bonds. The molecule has 0 spiro atoms. The van der Waals surface area contributed by atoms with E-state index in [1.165, 1.54) is 0 Å². The Morgan fingerprint density at radius 3 is 2.83 bits per heavy atom. The fraction of sp³-hybridized carbons (Fsp3) is 0. The molecule has 0 aliphatic carbocycles. The molecule has 0 N–H and O–H groups in total. The average Bonchev–Trinajstić information content (AvgIpc) is 2.58. The molecule has 5 heteroatoms. The Kier molecular flexibility index (Phi) is 1.87. The van der Waals surface area contributed by atoms with Crippen molar-refractivity contribution in [3.8, 4) is 5.82 Å². The molecule has 0 aliphatic heterocycles. The minimum Gasteiger partial charge on any atom is -0.236 e. The third-order valence-corrected chi connectivity index (χ3v) is 1.84. The van der Waals surface area contributed by atoms with Crippen LogP contribution in [-0.2, 0) is 0 Å². The summed E-state index contributed by atoms with van der Waals surface area (Å²) in [5.41, 5.74) is 0. The van der Waals surface area contributed by atoms with Crippen molar-refractivity contribution in [1.82, 2.24) is 20.0 Å². The summed E-state index contributed by atoms with van der Waals surface area (Å²) in [6.07, 6.45) is 5.08. The fourth-order valence-corrected chi connectivity index (χ4v) is 1.07. The summed E-state index contributed by atoms with van der Waals surface area (Å²) in [6, 6.07) is 3.77. The van der Waals surface area contributed by atoms with Crippen LogP contribution in [0.5, 0.6) is 0 Å². The largest absolute Gasteiger partial charge is 0.236 e. The summed E-state index contributed by atoms with van der Waals surface area (Å²) < 4.78 is 2.55. The predicted molar refractivity (Wildman–Crippen MR) is 46.9 cm³/mol. The first kappa shape index (κ1) is 7.42. The quantitative estimate of drug-likeness (QED) is 0.737. The fourth-order valence-electron chi connectivity index (χ4n) is 0.834. The van der Waals surface area contributed by atoms with Crippen LogP contribution in [0.25, 0.3) is 5.82 Å². The van der Waals surface area contributed by atoms with E-state index in [-0.39, 0.29) is 0 Å². The van der Waals surface area contributed by atoms with E-state index in [0.29, 0.717) is 0 Å². The molecule has 2 aromatic heterocycles. The van der Waals surface area contributed by atoms with Crippen molar-refractivity contribution in [2.75, 3.05) is 0 Å². The summed E-state index contributed by atoms with van der Waals surface area (Å²) in [7, 11) is 0. The van der Waals surface area contributed by atoms with Crippen molar-refractivity contribution < 1.29 is 0 Å². The van der Waals surface area contributed by atoms with Gasteiger partial charge in [-0.2, -0.15) is 0 Å². The first-order valence-corrected chi connectivity index (χ1v) is 4.14. The number of hydrogen-bond acceptors (Lipinski definition) is 3. The second-order valence-corrected chi connectivity index (χ2v) is 3.10. The second-order valence-electron chi connectivity index (χ2n) is 2.18. The van der Waals surface area contributed by atoms with Crippen LogP contribution in [0.4, 0.5) is 0 Å². The van der Waals surface area contributed by atoms with Gasteiger partial charge in [0.15, 0.2) is 5.82 Å². The Bertz CT molecular complexity index is 353. The monoisotopic (exact) mass is 224 g/mol. The molecule has 0 fully saturated rings. The molecule has 0 radical (unpaired) electrons. The highest BCUT2D eigenvalue weighted by molar-refractivity contribution is 9.10. The highest BCUT2D eigenvalue weighted by Gasteiger charge is 1.96. The van der Waals surface area contributed by atoms with E-state index in [4.69, 9.17) is 0 Å². The minimum atomic E-state index is 0.760. The number of aromatic nitrogens is 4. The van der Waals surface area contributed by atoms with Crippen molar-refractivity contribution in [3.05, 3.63) is 35.2 Å². The summed E-state index contributed by atoms with van der Waals surface area (Å²) in [4.78, 5) is 4.13. The van der Waals surface area contributed by atoms with E-state index in [1.807, 2.05) is 12.1 Å². The maximum Gasteiger partial charge on any atom is 0.155 e. The zero-order valence-corrected chi connectivity index (χ0v) is 7.64. The lowest BCUT2D eigenvalue weighted by Crippen LogP contribution is -1.97. The van der Waals surface area contributed by atoms with E-state index < -0.39 is 0 Å². The highest BCUT2D eigenvalue weighted by atomic mass is 79.9. The van der Waals surface area contributed by atoms with Gasteiger partial charge in [-0.15, -0.1) is 5.10 Å². The third-order valence-electron chi connectivity index (χ3n) is 1.37. The van der Waals surface area contributed by atoms with Crippen LogP contribution < -0.4 is 0 Å². The van der Waals surface area contributed by atoms with Gasteiger partial charge in [-0.25, -0.2) is 9.67 Å². The number of nitrogens with zero attached hydrogens (tertiary/aromatic N) is 4. The molecule has 0 atom stereocenters. The smallest absolute Gasteiger partial charge is 0.155 e. The summed E-state index contributed by atoms with van der Waals surface area (Å²) in [5, 5.41) is 7.49. The van der Waals surface area contributed by atoms with Crippen molar-refractivity contribution in [2.24, 2.45) is 0 Å². The van der Waals surface area contributed by atoms with Crippen molar-refractivity contribution in [2.45, 2.75) is 0 Å². The predicted octanol–water partition coefficient (Wildman–Crippen LogP) is 1.42. The summed E-state index contributed by atoms with van der Waals surface area (Å²) >= 11 is 3.30. The lowest BCUT2D eigenvalue weighted by Gasteiger charge is -1.96. The van der Waals surface area contributed by atoms with Crippen LogP contribution in [0.15, 0.2) is 35.2 Å². The Morgan fingerprint density at radius 2 is 2.25 bits per heavy atom. The molecule has 2 heterocycles. The van der Waals surface area contributed by atoms with Crippen molar-refractivity contribution in [3.63, 3.8) is 0 Å². The molecule has 0 unspecified atom stereocenters. The van der Waals surface area contributed by atoms with Gasteiger partial charge in [0, 0.05) is 10.7 Å². The molecular weight excluding hydrogens is 220 g/mol. The third kappa shape index (κ3) is 1.35. The normalized spacial score (nSPS) is 10.1. The lowest BCUT2D eigenvalue weighted by molar-refractivity contribution is 0.781. The van der Waals surface area contributed by atoms with Gasteiger partial charge in [0.05, 0.1) is 12.4 Å². The van der Waals surface area contributed by atoms with Crippen LogP contribution in [0, 0.1) is 0 Å². The van der Waals surface area contributed by atoms with Crippen molar-refractivity contribution >= 4 is 15.9 Å². The van der Waals surface area contributed by atoms with Crippen LogP contribution in [0.2, 0.25) is 0 Å². The van der Waals surface area contributed by atoms with E-state index in [2.05, 4.69) is 31.2 Å². The molecule has 2 rings (SSSR count). The molecule has 2 aromatic rings. The van der Waals surface area contributed by atoms with Gasteiger partial charge in [0.25, 0.3) is 0 Å². The SMILES string of the molecule is Brc1ccc(-n2ccnn2)nc1. The van der Waals surface area contributed by atoms with Crippen molar-refractivity contribution in [1.29, 1.82) is 0 Å². The number of rotatable bonds is 1.